The van der Waals surface area contributed by atoms with E-state index in [0.717, 1.165) is 58.4 Å². The van der Waals surface area contributed by atoms with Crippen LogP contribution in [-0.2, 0) is 0 Å². The topological polar surface area (TPSA) is 75.1 Å². The van der Waals surface area contributed by atoms with Crippen molar-refractivity contribution in [3.63, 3.8) is 0 Å². The second kappa shape index (κ2) is 9.89. The number of hydrogen-bond donors (Lipinski definition) is 2. The first-order chi connectivity index (χ1) is 13.3. The van der Waals surface area contributed by atoms with E-state index in [-0.39, 0.29) is 18.3 Å². The number of carbonyl (C=O) groups excluding carboxylic acids is 1. The number of anilines is 1. The first-order valence-corrected chi connectivity index (χ1v) is 9.98. The molecule has 2 saturated heterocycles. The molecule has 2 aliphatic heterocycles. The Balaban J connectivity index is 0.00000225. The van der Waals surface area contributed by atoms with Crippen molar-refractivity contribution in [3.8, 4) is 0 Å². The van der Waals surface area contributed by atoms with Crippen molar-refractivity contribution >= 4 is 24.0 Å². The fourth-order valence-corrected chi connectivity index (χ4v) is 4.00. The van der Waals surface area contributed by atoms with Crippen LogP contribution < -0.4 is 15.5 Å². The van der Waals surface area contributed by atoms with Gasteiger partial charge < -0.3 is 15.5 Å². The number of nitrogens with one attached hydrogen (secondary N) is 2. The molecule has 7 nitrogen and oxygen atoms in total. The van der Waals surface area contributed by atoms with Gasteiger partial charge in [0.15, 0.2) is 0 Å². The molecular formula is C20H29ClN6O. The van der Waals surface area contributed by atoms with Crippen LogP contribution in [0.2, 0.25) is 0 Å². The Kier molecular flexibility index (Phi) is 7.28. The molecule has 0 bridgehead atoms. The minimum absolute atomic E-state index is 0. The Morgan fingerprint density at radius 3 is 2.68 bits per heavy atom. The van der Waals surface area contributed by atoms with Gasteiger partial charge in [0.1, 0.15) is 5.69 Å². The van der Waals surface area contributed by atoms with Crippen molar-refractivity contribution in [1.82, 2.24) is 25.4 Å². The highest BCUT2D eigenvalue weighted by Gasteiger charge is 2.21. The van der Waals surface area contributed by atoms with Gasteiger partial charge in [-0.05, 0) is 56.3 Å². The van der Waals surface area contributed by atoms with E-state index in [4.69, 9.17) is 0 Å². The van der Waals surface area contributed by atoms with Crippen LogP contribution in [0.5, 0.6) is 0 Å². The zero-order chi connectivity index (χ0) is 18.5. The van der Waals surface area contributed by atoms with E-state index in [0.29, 0.717) is 17.7 Å². The second-order valence-corrected chi connectivity index (χ2v) is 7.53. The maximum Gasteiger partial charge on any atom is 0.271 e. The summed E-state index contributed by atoms with van der Waals surface area (Å²) in [5, 5.41) is 11.0. The number of piperidine rings is 2. The van der Waals surface area contributed by atoms with Crippen LogP contribution >= 0.6 is 12.4 Å². The van der Waals surface area contributed by atoms with Gasteiger partial charge in [-0.25, -0.2) is 0 Å². The number of rotatable bonds is 5. The third-order valence-electron chi connectivity index (χ3n) is 5.68. The molecule has 2 N–H and O–H groups in total. The normalized spacial score (nSPS) is 20.4. The van der Waals surface area contributed by atoms with E-state index in [1.165, 1.54) is 5.69 Å². The first-order valence-electron chi connectivity index (χ1n) is 9.98. The highest BCUT2D eigenvalue weighted by atomic mass is 35.5. The largest absolute Gasteiger partial charge is 0.371 e. The fourth-order valence-electron chi connectivity index (χ4n) is 4.00. The molecule has 0 aromatic carbocycles. The summed E-state index contributed by atoms with van der Waals surface area (Å²) in [6, 6.07) is 6.30. The van der Waals surface area contributed by atoms with Crippen LogP contribution in [0.3, 0.4) is 0 Å². The standard InChI is InChI=1S/C20H28N6O.ClH/c27-20(19-7-13-26(24-19)18-2-1-8-22-15-18)23-14-16-5-11-25(12-6-16)17-3-9-21-10-4-17;/h3-4,7,9-10,13,16,18,22H,1-2,5-6,8,11-12,14-15H2,(H,23,27);1H. The van der Waals surface area contributed by atoms with Gasteiger partial charge in [-0.3, -0.25) is 14.5 Å². The molecule has 0 aliphatic carbocycles. The molecule has 1 amide bonds. The van der Waals surface area contributed by atoms with Crippen LogP contribution in [0.1, 0.15) is 42.2 Å². The van der Waals surface area contributed by atoms with Crippen molar-refractivity contribution in [1.29, 1.82) is 0 Å². The number of amides is 1. The molecule has 2 fully saturated rings. The molecular weight excluding hydrogens is 376 g/mol. The molecule has 8 heteroatoms. The minimum atomic E-state index is -0.0610. The Bertz CT molecular complexity index is 738. The van der Waals surface area contributed by atoms with Crippen LogP contribution in [0.15, 0.2) is 36.8 Å². The maximum atomic E-state index is 12.4. The molecule has 1 atom stereocenters. The maximum absolute atomic E-state index is 12.4. The lowest BCUT2D eigenvalue weighted by molar-refractivity contribution is 0.0938. The van der Waals surface area contributed by atoms with Crippen molar-refractivity contribution in [2.75, 3.05) is 37.6 Å². The van der Waals surface area contributed by atoms with Crippen molar-refractivity contribution in [3.05, 3.63) is 42.5 Å². The van der Waals surface area contributed by atoms with Gasteiger partial charge in [-0.2, -0.15) is 5.10 Å². The molecule has 2 aromatic heterocycles. The summed E-state index contributed by atoms with van der Waals surface area (Å²) in [4.78, 5) is 18.9. The third-order valence-corrected chi connectivity index (χ3v) is 5.68. The van der Waals surface area contributed by atoms with Crippen LogP contribution in [0.25, 0.3) is 0 Å². The van der Waals surface area contributed by atoms with Gasteiger partial charge >= 0.3 is 0 Å². The molecule has 2 aromatic rings. The SMILES string of the molecule is Cl.O=C(NCC1CCN(c2ccncc2)CC1)c1ccn(C2CCCNC2)n1. The molecule has 4 heterocycles. The predicted molar refractivity (Wildman–Crippen MR) is 112 cm³/mol. The van der Waals surface area contributed by atoms with Gasteiger partial charge in [-0.1, -0.05) is 0 Å². The van der Waals surface area contributed by atoms with Gasteiger partial charge in [-0.15, -0.1) is 12.4 Å². The van der Waals surface area contributed by atoms with Crippen molar-refractivity contribution in [2.45, 2.75) is 31.7 Å². The van der Waals surface area contributed by atoms with E-state index < -0.39 is 0 Å². The fraction of sp³-hybridized carbons (Fsp3) is 0.550. The number of halogens is 1. The Labute approximate surface area is 172 Å². The average molecular weight is 405 g/mol. The summed E-state index contributed by atoms with van der Waals surface area (Å²) in [6.07, 6.45) is 10.1. The Hall–Kier alpha value is -2.12. The lowest BCUT2D eigenvalue weighted by Crippen LogP contribution is -2.38. The van der Waals surface area contributed by atoms with Gasteiger partial charge in [0.25, 0.3) is 5.91 Å². The van der Waals surface area contributed by atoms with E-state index in [1.807, 2.05) is 29.3 Å². The number of hydrogen-bond acceptors (Lipinski definition) is 5. The zero-order valence-corrected chi connectivity index (χ0v) is 16.9. The predicted octanol–water partition coefficient (Wildman–Crippen LogP) is 2.27. The highest BCUT2D eigenvalue weighted by Crippen LogP contribution is 2.22. The molecule has 28 heavy (non-hydrogen) atoms. The molecule has 152 valence electrons. The van der Waals surface area contributed by atoms with Crippen LogP contribution in [-0.4, -0.2) is 53.4 Å². The molecule has 0 saturated carbocycles. The second-order valence-electron chi connectivity index (χ2n) is 7.53. The molecule has 0 radical (unpaired) electrons. The van der Waals surface area contributed by atoms with Gasteiger partial charge in [0.05, 0.1) is 6.04 Å². The molecule has 4 rings (SSSR count). The lowest BCUT2D eigenvalue weighted by Gasteiger charge is -2.33. The van der Waals surface area contributed by atoms with E-state index in [2.05, 4.69) is 37.7 Å². The van der Waals surface area contributed by atoms with Crippen LogP contribution in [0.4, 0.5) is 5.69 Å². The summed E-state index contributed by atoms with van der Waals surface area (Å²) in [5.41, 5.74) is 1.75. The van der Waals surface area contributed by atoms with Crippen molar-refractivity contribution in [2.24, 2.45) is 5.92 Å². The van der Waals surface area contributed by atoms with Gasteiger partial charge in [0, 0.05) is 50.5 Å². The third kappa shape index (κ3) is 5.02. The number of nitrogens with zero attached hydrogens (tertiary/aromatic N) is 4. The number of carbonyl (C=O) groups is 1. The van der Waals surface area contributed by atoms with Crippen molar-refractivity contribution < 1.29 is 4.79 Å². The summed E-state index contributed by atoms with van der Waals surface area (Å²) < 4.78 is 1.94. The quantitative estimate of drug-likeness (QED) is 0.799. The van der Waals surface area contributed by atoms with Crippen LogP contribution in [0, 0.1) is 5.92 Å². The smallest absolute Gasteiger partial charge is 0.271 e. The Morgan fingerprint density at radius 2 is 1.96 bits per heavy atom. The number of pyridine rings is 1. The van der Waals surface area contributed by atoms with Gasteiger partial charge in [0.2, 0.25) is 0 Å². The molecule has 2 aliphatic rings. The first kappa shape index (κ1) is 20.6. The Morgan fingerprint density at radius 1 is 1.18 bits per heavy atom. The van der Waals surface area contributed by atoms with E-state index in [1.54, 1.807) is 0 Å². The summed E-state index contributed by atoms with van der Waals surface area (Å²) in [7, 11) is 0. The zero-order valence-electron chi connectivity index (χ0n) is 16.1. The number of aromatic nitrogens is 3. The minimum Gasteiger partial charge on any atom is -0.371 e. The summed E-state index contributed by atoms with van der Waals surface area (Å²) >= 11 is 0. The highest BCUT2D eigenvalue weighted by molar-refractivity contribution is 5.92. The summed E-state index contributed by atoms with van der Waals surface area (Å²) in [6.45, 7) is 4.77. The monoisotopic (exact) mass is 404 g/mol. The lowest BCUT2D eigenvalue weighted by atomic mass is 9.96. The van der Waals surface area contributed by atoms with E-state index >= 15 is 0 Å². The molecule has 1 unspecified atom stereocenters. The average Bonchev–Trinajstić information content (AvgIpc) is 3.24. The summed E-state index contributed by atoms with van der Waals surface area (Å²) in [5.74, 6) is 0.464. The van der Waals surface area contributed by atoms with E-state index in [9.17, 15) is 4.79 Å². The molecule has 0 spiro atoms.